The van der Waals surface area contributed by atoms with Gasteiger partial charge in [-0.25, -0.2) is 5.10 Å². The summed E-state index contributed by atoms with van der Waals surface area (Å²) in [5.41, 5.74) is 0. The summed E-state index contributed by atoms with van der Waals surface area (Å²) in [7, 11) is 1.41. The SMILES string of the molecule is COc1n[nH]c(NC(=O)C2CCCC2C(=O)O)n1. The number of carbonyl (C=O) groups excluding carboxylic acids is 1. The fourth-order valence-corrected chi connectivity index (χ4v) is 2.17. The molecule has 1 aliphatic carbocycles. The van der Waals surface area contributed by atoms with Crippen molar-refractivity contribution in [2.45, 2.75) is 19.3 Å². The minimum absolute atomic E-state index is 0.117. The quantitative estimate of drug-likeness (QED) is 0.709. The molecular formula is C10H14N4O4. The summed E-state index contributed by atoms with van der Waals surface area (Å²) in [5.74, 6) is -2.25. The van der Waals surface area contributed by atoms with Crippen molar-refractivity contribution in [2.75, 3.05) is 12.4 Å². The van der Waals surface area contributed by atoms with E-state index >= 15 is 0 Å². The van der Waals surface area contributed by atoms with Crippen LogP contribution in [0.1, 0.15) is 19.3 Å². The van der Waals surface area contributed by atoms with Crippen molar-refractivity contribution in [3.8, 4) is 6.01 Å². The largest absolute Gasteiger partial charge is 0.481 e. The van der Waals surface area contributed by atoms with E-state index < -0.39 is 17.8 Å². The lowest BCUT2D eigenvalue weighted by atomic mass is 9.95. The maximum Gasteiger partial charge on any atom is 0.336 e. The zero-order chi connectivity index (χ0) is 13.1. The van der Waals surface area contributed by atoms with Gasteiger partial charge in [0.05, 0.1) is 18.9 Å². The van der Waals surface area contributed by atoms with Gasteiger partial charge in [-0.05, 0) is 12.8 Å². The molecule has 3 N–H and O–H groups in total. The van der Waals surface area contributed by atoms with Gasteiger partial charge >= 0.3 is 12.0 Å². The highest BCUT2D eigenvalue weighted by molar-refractivity contribution is 5.94. The summed E-state index contributed by atoms with van der Waals surface area (Å²) in [6.45, 7) is 0. The normalized spacial score (nSPS) is 22.7. The van der Waals surface area contributed by atoms with Crippen LogP contribution in [0.5, 0.6) is 6.01 Å². The Kier molecular flexibility index (Phi) is 3.45. The summed E-state index contributed by atoms with van der Waals surface area (Å²) in [6, 6.07) is 0.117. The van der Waals surface area contributed by atoms with E-state index in [1.54, 1.807) is 0 Å². The molecule has 2 atom stereocenters. The number of hydrogen-bond acceptors (Lipinski definition) is 5. The monoisotopic (exact) mass is 254 g/mol. The topological polar surface area (TPSA) is 117 Å². The van der Waals surface area contributed by atoms with E-state index in [2.05, 4.69) is 20.5 Å². The number of hydrogen-bond donors (Lipinski definition) is 3. The molecule has 98 valence electrons. The number of amides is 1. The number of anilines is 1. The zero-order valence-electron chi connectivity index (χ0n) is 9.84. The minimum atomic E-state index is -0.928. The summed E-state index contributed by atoms with van der Waals surface area (Å²) in [4.78, 5) is 26.7. The summed E-state index contributed by atoms with van der Waals surface area (Å²) in [6.07, 6.45) is 1.86. The number of aromatic nitrogens is 3. The van der Waals surface area contributed by atoms with Gasteiger partial charge in [-0.15, -0.1) is 5.10 Å². The van der Waals surface area contributed by atoms with Crippen LogP contribution in [0.25, 0.3) is 0 Å². The molecule has 1 saturated carbocycles. The van der Waals surface area contributed by atoms with Crippen LogP contribution in [0.15, 0.2) is 0 Å². The summed E-state index contributed by atoms with van der Waals surface area (Å²) >= 11 is 0. The van der Waals surface area contributed by atoms with Gasteiger partial charge in [0.1, 0.15) is 0 Å². The predicted molar refractivity (Wildman–Crippen MR) is 60.0 cm³/mol. The van der Waals surface area contributed by atoms with E-state index in [4.69, 9.17) is 9.84 Å². The molecule has 1 aromatic heterocycles. The van der Waals surface area contributed by atoms with Gasteiger partial charge < -0.3 is 9.84 Å². The van der Waals surface area contributed by atoms with E-state index in [0.29, 0.717) is 12.8 Å². The van der Waals surface area contributed by atoms with Crippen LogP contribution in [0, 0.1) is 11.8 Å². The molecular weight excluding hydrogens is 240 g/mol. The van der Waals surface area contributed by atoms with Gasteiger partial charge in [-0.1, -0.05) is 6.42 Å². The van der Waals surface area contributed by atoms with Crippen LogP contribution in [0.4, 0.5) is 5.95 Å². The first-order valence-electron chi connectivity index (χ1n) is 5.62. The fourth-order valence-electron chi connectivity index (χ4n) is 2.17. The Morgan fingerprint density at radius 3 is 2.78 bits per heavy atom. The van der Waals surface area contributed by atoms with Gasteiger partial charge in [0.25, 0.3) is 0 Å². The Labute approximate surface area is 103 Å². The number of carboxylic acids is 1. The van der Waals surface area contributed by atoms with Crippen LogP contribution in [-0.2, 0) is 9.59 Å². The lowest BCUT2D eigenvalue weighted by Gasteiger charge is -2.13. The fraction of sp³-hybridized carbons (Fsp3) is 0.600. The van der Waals surface area contributed by atoms with E-state index in [1.165, 1.54) is 7.11 Å². The Balaban J connectivity index is 2.01. The average Bonchev–Trinajstić information content (AvgIpc) is 2.96. The first-order valence-corrected chi connectivity index (χ1v) is 5.62. The van der Waals surface area contributed by atoms with Crippen molar-refractivity contribution in [1.82, 2.24) is 15.2 Å². The molecule has 0 saturated heterocycles. The van der Waals surface area contributed by atoms with Gasteiger partial charge in [-0.2, -0.15) is 4.98 Å². The van der Waals surface area contributed by atoms with E-state index in [0.717, 1.165) is 6.42 Å². The molecule has 0 spiro atoms. The number of aliphatic carboxylic acids is 1. The minimum Gasteiger partial charge on any atom is -0.481 e. The predicted octanol–water partition coefficient (Wildman–Crippen LogP) is 0.253. The first kappa shape index (κ1) is 12.3. The molecule has 1 heterocycles. The van der Waals surface area contributed by atoms with Crippen LogP contribution in [-0.4, -0.2) is 39.3 Å². The van der Waals surface area contributed by atoms with Crippen LogP contribution in [0.3, 0.4) is 0 Å². The number of nitrogens with one attached hydrogen (secondary N) is 2. The van der Waals surface area contributed by atoms with Crippen molar-refractivity contribution < 1.29 is 19.4 Å². The van der Waals surface area contributed by atoms with Crippen molar-refractivity contribution >= 4 is 17.8 Å². The van der Waals surface area contributed by atoms with Crippen molar-refractivity contribution in [2.24, 2.45) is 11.8 Å². The average molecular weight is 254 g/mol. The Bertz CT molecular complexity index is 458. The van der Waals surface area contributed by atoms with Crippen LogP contribution in [0.2, 0.25) is 0 Å². The Morgan fingerprint density at radius 2 is 2.17 bits per heavy atom. The summed E-state index contributed by atoms with van der Waals surface area (Å²) in [5, 5.41) is 17.7. The highest BCUT2D eigenvalue weighted by Gasteiger charge is 2.38. The van der Waals surface area contributed by atoms with Crippen molar-refractivity contribution in [3.05, 3.63) is 0 Å². The number of carboxylic acid groups (broad SMARTS) is 1. The lowest BCUT2D eigenvalue weighted by Crippen LogP contribution is -2.30. The molecule has 2 rings (SSSR count). The molecule has 1 fully saturated rings. The number of aromatic amines is 1. The molecule has 0 aromatic carbocycles. The summed E-state index contributed by atoms with van der Waals surface area (Å²) < 4.78 is 4.76. The molecule has 1 amide bonds. The number of nitrogens with zero attached hydrogens (tertiary/aromatic N) is 2. The number of rotatable bonds is 4. The number of methoxy groups -OCH3 is 1. The van der Waals surface area contributed by atoms with Gasteiger partial charge in [-0.3, -0.25) is 14.9 Å². The number of H-pyrrole nitrogens is 1. The number of carbonyl (C=O) groups is 2. The van der Waals surface area contributed by atoms with E-state index in [9.17, 15) is 9.59 Å². The molecule has 2 unspecified atom stereocenters. The van der Waals surface area contributed by atoms with Gasteiger partial charge in [0.2, 0.25) is 11.9 Å². The van der Waals surface area contributed by atoms with Gasteiger partial charge in [0.15, 0.2) is 0 Å². The number of ether oxygens (including phenoxy) is 1. The molecule has 8 nitrogen and oxygen atoms in total. The molecule has 1 aliphatic rings. The van der Waals surface area contributed by atoms with Gasteiger partial charge in [0, 0.05) is 0 Å². The maximum absolute atomic E-state index is 11.9. The van der Waals surface area contributed by atoms with Crippen LogP contribution >= 0.6 is 0 Å². The van der Waals surface area contributed by atoms with E-state index in [-0.39, 0.29) is 17.9 Å². The zero-order valence-corrected chi connectivity index (χ0v) is 9.84. The second kappa shape index (κ2) is 5.03. The third-order valence-electron chi connectivity index (χ3n) is 3.06. The standard InChI is InChI=1S/C10H14N4O4/c1-18-10-12-9(13-14-10)11-7(15)5-3-2-4-6(5)8(16)17/h5-6H,2-4H2,1H3,(H,16,17)(H2,11,12,13,14,15). The Morgan fingerprint density at radius 1 is 1.44 bits per heavy atom. The highest BCUT2D eigenvalue weighted by atomic mass is 16.5. The third kappa shape index (κ3) is 2.41. The highest BCUT2D eigenvalue weighted by Crippen LogP contribution is 2.32. The molecule has 18 heavy (non-hydrogen) atoms. The lowest BCUT2D eigenvalue weighted by molar-refractivity contribution is -0.145. The molecule has 0 radical (unpaired) electrons. The Hall–Kier alpha value is -2.12. The first-order chi connectivity index (χ1) is 8.61. The van der Waals surface area contributed by atoms with Crippen LogP contribution < -0.4 is 10.1 Å². The molecule has 0 aliphatic heterocycles. The smallest absolute Gasteiger partial charge is 0.336 e. The third-order valence-corrected chi connectivity index (χ3v) is 3.06. The second-order valence-electron chi connectivity index (χ2n) is 4.14. The van der Waals surface area contributed by atoms with E-state index in [1.807, 2.05) is 0 Å². The molecule has 0 bridgehead atoms. The molecule has 1 aromatic rings. The second-order valence-corrected chi connectivity index (χ2v) is 4.14. The molecule has 8 heteroatoms. The van der Waals surface area contributed by atoms with Crippen molar-refractivity contribution in [1.29, 1.82) is 0 Å². The van der Waals surface area contributed by atoms with Crippen molar-refractivity contribution in [3.63, 3.8) is 0 Å². The maximum atomic E-state index is 11.9.